The van der Waals surface area contributed by atoms with Crippen LogP contribution in [0.1, 0.15) is 48.0 Å². The van der Waals surface area contributed by atoms with Gasteiger partial charge in [0.25, 0.3) is 5.91 Å². The highest BCUT2D eigenvalue weighted by Crippen LogP contribution is 2.29. The maximum Gasteiger partial charge on any atom is 0.251 e. The summed E-state index contributed by atoms with van der Waals surface area (Å²) in [6.45, 7) is 5.15. The molecule has 7 nitrogen and oxygen atoms in total. The minimum Gasteiger partial charge on any atom is -0.352 e. The molecule has 35 heavy (non-hydrogen) atoms. The Hall–Kier alpha value is -3.45. The number of likely N-dealkylation sites (tertiary alicyclic amines) is 1. The molecule has 2 amide bonds. The number of amides is 2. The molecule has 0 saturated carbocycles. The van der Waals surface area contributed by atoms with Crippen molar-refractivity contribution < 1.29 is 9.59 Å². The van der Waals surface area contributed by atoms with Crippen LogP contribution < -0.4 is 10.2 Å². The SMILES string of the molecule is O=C(NCCCN1CCCCC1)c1ccc(CN2C(=O)CCn3nc(-c4ccccc4)cc32)cc1. The number of carbonyl (C=O) groups is 2. The van der Waals surface area contributed by atoms with E-state index in [4.69, 9.17) is 5.10 Å². The van der Waals surface area contributed by atoms with Crippen LogP contribution in [0.25, 0.3) is 11.3 Å². The molecule has 7 heteroatoms. The Bertz CT molecular complexity index is 1150. The summed E-state index contributed by atoms with van der Waals surface area (Å²) in [5, 5.41) is 7.75. The zero-order valence-electron chi connectivity index (χ0n) is 20.2. The molecule has 182 valence electrons. The third-order valence-corrected chi connectivity index (χ3v) is 6.89. The quantitative estimate of drug-likeness (QED) is 0.503. The predicted octanol–water partition coefficient (Wildman–Crippen LogP) is 4.09. The van der Waals surface area contributed by atoms with Crippen LogP contribution in [0.3, 0.4) is 0 Å². The van der Waals surface area contributed by atoms with Crippen molar-refractivity contribution in [2.24, 2.45) is 0 Å². The summed E-state index contributed by atoms with van der Waals surface area (Å²) in [4.78, 5) is 29.6. The fraction of sp³-hybridized carbons (Fsp3) is 0.393. The second-order valence-electron chi connectivity index (χ2n) is 9.42. The zero-order valence-corrected chi connectivity index (χ0v) is 20.2. The smallest absolute Gasteiger partial charge is 0.251 e. The van der Waals surface area contributed by atoms with E-state index in [1.54, 1.807) is 4.90 Å². The van der Waals surface area contributed by atoms with E-state index in [2.05, 4.69) is 10.2 Å². The monoisotopic (exact) mass is 471 g/mol. The van der Waals surface area contributed by atoms with Gasteiger partial charge in [-0.1, -0.05) is 48.9 Å². The molecule has 2 aliphatic heterocycles. The Kier molecular flexibility index (Phi) is 7.23. The highest BCUT2D eigenvalue weighted by Gasteiger charge is 2.26. The van der Waals surface area contributed by atoms with Crippen LogP contribution in [-0.2, 0) is 17.9 Å². The lowest BCUT2D eigenvalue weighted by molar-refractivity contribution is -0.119. The first-order chi connectivity index (χ1) is 17.2. The van der Waals surface area contributed by atoms with E-state index < -0.39 is 0 Å². The number of fused-ring (bicyclic) bond motifs is 1. The molecule has 0 aliphatic carbocycles. The molecular weight excluding hydrogens is 438 g/mol. The second-order valence-corrected chi connectivity index (χ2v) is 9.42. The first-order valence-corrected chi connectivity index (χ1v) is 12.7. The lowest BCUT2D eigenvalue weighted by Gasteiger charge is -2.27. The molecule has 0 atom stereocenters. The number of hydrogen-bond acceptors (Lipinski definition) is 4. The Morgan fingerprint density at radius 2 is 1.71 bits per heavy atom. The number of piperidine rings is 1. The third kappa shape index (κ3) is 5.62. The number of hydrogen-bond donors (Lipinski definition) is 1. The van der Waals surface area contributed by atoms with Crippen molar-refractivity contribution in [1.29, 1.82) is 0 Å². The highest BCUT2D eigenvalue weighted by atomic mass is 16.2. The first kappa shape index (κ1) is 23.3. The van der Waals surface area contributed by atoms with Crippen LogP contribution >= 0.6 is 0 Å². The number of nitrogens with one attached hydrogen (secondary N) is 1. The summed E-state index contributed by atoms with van der Waals surface area (Å²) in [5.41, 5.74) is 3.53. The third-order valence-electron chi connectivity index (χ3n) is 6.89. The van der Waals surface area contributed by atoms with Crippen LogP contribution in [0.2, 0.25) is 0 Å². The van der Waals surface area contributed by atoms with Crippen molar-refractivity contribution >= 4 is 17.6 Å². The molecule has 0 spiro atoms. The molecule has 1 N–H and O–H groups in total. The van der Waals surface area contributed by atoms with E-state index in [0.717, 1.165) is 35.6 Å². The van der Waals surface area contributed by atoms with E-state index in [0.29, 0.717) is 31.6 Å². The lowest BCUT2D eigenvalue weighted by atomic mass is 10.1. The fourth-order valence-corrected chi connectivity index (χ4v) is 4.91. The van der Waals surface area contributed by atoms with Crippen molar-refractivity contribution in [1.82, 2.24) is 20.0 Å². The van der Waals surface area contributed by atoms with E-state index in [9.17, 15) is 9.59 Å². The standard InChI is InChI=1S/C28H33N5O2/c34-27-14-19-33-26(20-25(30-33)23-8-3-1-4-9-23)32(27)21-22-10-12-24(13-11-22)28(35)29-15-7-18-31-16-5-2-6-17-31/h1,3-4,8-13,20H,2,5-7,14-19,21H2,(H,29,35). The van der Waals surface area contributed by atoms with Crippen LogP contribution in [0, 0.1) is 0 Å². The van der Waals surface area contributed by atoms with E-state index in [1.807, 2.05) is 65.3 Å². The molecule has 5 rings (SSSR count). The van der Waals surface area contributed by atoms with Crippen molar-refractivity contribution in [3.8, 4) is 11.3 Å². The number of nitrogens with zero attached hydrogens (tertiary/aromatic N) is 4. The maximum atomic E-state index is 12.8. The van der Waals surface area contributed by atoms with E-state index >= 15 is 0 Å². The average molecular weight is 472 g/mol. The molecule has 3 heterocycles. The van der Waals surface area contributed by atoms with Gasteiger partial charge in [0.05, 0.1) is 18.8 Å². The molecule has 2 aliphatic rings. The molecule has 3 aromatic rings. The minimum absolute atomic E-state index is 0.0465. The summed E-state index contributed by atoms with van der Waals surface area (Å²) in [6.07, 6.45) is 5.32. The molecule has 1 fully saturated rings. The number of anilines is 1. The van der Waals surface area contributed by atoms with Gasteiger partial charge in [-0.3, -0.25) is 14.5 Å². The van der Waals surface area contributed by atoms with Crippen molar-refractivity contribution in [3.05, 3.63) is 71.8 Å². The molecule has 0 bridgehead atoms. The fourth-order valence-electron chi connectivity index (χ4n) is 4.91. The molecule has 0 radical (unpaired) electrons. The highest BCUT2D eigenvalue weighted by molar-refractivity contribution is 5.95. The Morgan fingerprint density at radius 1 is 0.943 bits per heavy atom. The number of carbonyl (C=O) groups excluding carboxylic acids is 2. The zero-order chi connectivity index (χ0) is 24.0. The van der Waals surface area contributed by atoms with E-state index in [-0.39, 0.29) is 11.8 Å². The number of benzene rings is 2. The largest absolute Gasteiger partial charge is 0.352 e. The first-order valence-electron chi connectivity index (χ1n) is 12.7. The minimum atomic E-state index is -0.0465. The van der Waals surface area contributed by atoms with E-state index in [1.165, 1.54) is 32.4 Å². The van der Waals surface area contributed by atoms with Crippen LogP contribution in [-0.4, -0.2) is 52.7 Å². The molecule has 2 aromatic carbocycles. The van der Waals surface area contributed by atoms with Gasteiger partial charge in [0.1, 0.15) is 5.82 Å². The van der Waals surface area contributed by atoms with Gasteiger partial charge in [0, 0.05) is 30.2 Å². The van der Waals surface area contributed by atoms with Crippen LogP contribution in [0.5, 0.6) is 0 Å². The molecular formula is C28H33N5O2. The topological polar surface area (TPSA) is 70.5 Å². The number of rotatable bonds is 8. The van der Waals surface area contributed by atoms with Gasteiger partial charge in [0.15, 0.2) is 0 Å². The average Bonchev–Trinajstić information content (AvgIpc) is 3.34. The van der Waals surface area contributed by atoms with Crippen molar-refractivity contribution in [2.45, 2.75) is 45.2 Å². The summed E-state index contributed by atoms with van der Waals surface area (Å²) < 4.78 is 1.91. The van der Waals surface area contributed by atoms with Gasteiger partial charge in [-0.05, 0) is 56.6 Å². The Labute approximate surface area is 206 Å². The summed E-state index contributed by atoms with van der Waals surface area (Å²) in [5.74, 6) is 0.859. The Balaban J connectivity index is 1.18. The number of aryl methyl sites for hydroxylation is 1. The van der Waals surface area contributed by atoms with Gasteiger partial charge in [-0.2, -0.15) is 5.10 Å². The van der Waals surface area contributed by atoms with Gasteiger partial charge in [-0.25, -0.2) is 4.68 Å². The second kappa shape index (κ2) is 10.9. The van der Waals surface area contributed by atoms with Gasteiger partial charge in [-0.15, -0.1) is 0 Å². The molecule has 0 unspecified atom stereocenters. The number of aromatic nitrogens is 2. The summed E-state index contributed by atoms with van der Waals surface area (Å²) in [6, 6.07) is 19.6. The molecule has 1 aromatic heterocycles. The van der Waals surface area contributed by atoms with Crippen LogP contribution in [0.4, 0.5) is 5.82 Å². The predicted molar refractivity (Wildman–Crippen MR) is 137 cm³/mol. The van der Waals surface area contributed by atoms with Crippen molar-refractivity contribution in [3.63, 3.8) is 0 Å². The Morgan fingerprint density at radius 3 is 2.49 bits per heavy atom. The normalized spacial score (nSPS) is 16.2. The van der Waals surface area contributed by atoms with Crippen molar-refractivity contribution in [2.75, 3.05) is 31.1 Å². The molecule has 1 saturated heterocycles. The lowest BCUT2D eigenvalue weighted by Crippen LogP contribution is -2.37. The van der Waals surface area contributed by atoms with Gasteiger partial charge in [0.2, 0.25) is 5.91 Å². The summed E-state index contributed by atoms with van der Waals surface area (Å²) in [7, 11) is 0. The van der Waals surface area contributed by atoms with Gasteiger partial charge >= 0.3 is 0 Å². The van der Waals surface area contributed by atoms with Crippen LogP contribution in [0.15, 0.2) is 60.7 Å². The maximum absolute atomic E-state index is 12.8. The van der Waals surface area contributed by atoms with Gasteiger partial charge < -0.3 is 10.2 Å². The summed E-state index contributed by atoms with van der Waals surface area (Å²) >= 11 is 0.